The smallest absolute Gasteiger partial charge is 0.264 e. The van der Waals surface area contributed by atoms with Crippen LogP contribution in [0.4, 0.5) is 11.4 Å². The number of amides is 1. The first-order chi connectivity index (χ1) is 15.9. The van der Waals surface area contributed by atoms with E-state index in [4.69, 9.17) is 9.47 Å². The molecule has 0 atom stereocenters. The number of anilines is 2. The van der Waals surface area contributed by atoms with Crippen molar-refractivity contribution >= 4 is 33.4 Å². The molecule has 1 amide bonds. The summed E-state index contributed by atoms with van der Waals surface area (Å²) in [5, 5.41) is 2.73. The number of hydrogen-bond acceptors (Lipinski definition) is 5. The molecule has 0 aliphatic carbocycles. The highest BCUT2D eigenvalue weighted by molar-refractivity contribution is 7.92. The third-order valence-electron chi connectivity index (χ3n) is 4.88. The summed E-state index contributed by atoms with van der Waals surface area (Å²) < 4.78 is 37.9. The van der Waals surface area contributed by atoms with Gasteiger partial charge in [-0.05, 0) is 67.1 Å². The lowest BCUT2D eigenvalue weighted by molar-refractivity contribution is -0.111. The number of methoxy groups -OCH3 is 2. The summed E-state index contributed by atoms with van der Waals surface area (Å²) in [5.41, 5.74) is 1.85. The molecular weight excluding hydrogens is 440 g/mol. The fourth-order valence-corrected chi connectivity index (χ4v) is 4.71. The molecule has 0 spiro atoms. The molecule has 0 bridgehead atoms. The average Bonchev–Trinajstić information content (AvgIpc) is 2.84. The van der Waals surface area contributed by atoms with Gasteiger partial charge < -0.3 is 14.8 Å². The zero-order valence-corrected chi connectivity index (χ0v) is 19.5. The molecule has 0 aromatic heterocycles. The largest absolute Gasteiger partial charge is 0.493 e. The minimum atomic E-state index is -3.72. The molecule has 0 heterocycles. The molecule has 0 aliphatic rings. The van der Waals surface area contributed by atoms with E-state index in [1.165, 1.54) is 22.5 Å². The van der Waals surface area contributed by atoms with Crippen LogP contribution in [0.15, 0.2) is 83.8 Å². The quantitative estimate of drug-likeness (QED) is 0.467. The number of benzene rings is 3. The first-order valence-electron chi connectivity index (χ1n) is 10.3. The molecule has 0 aliphatic heterocycles. The van der Waals surface area contributed by atoms with Gasteiger partial charge in [0.05, 0.1) is 24.8 Å². The summed E-state index contributed by atoms with van der Waals surface area (Å²) >= 11 is 0. The Labute approximate surface area is 194 Å². The van der Waals surface area contributed by atoms with Crippen LogP contribution < -0.4 is 19.1 Å². The lowest BCUT2D eigenvalue weighted by Crippen LogP contribution is -2.30. The van der Waals surface area contributed by atoms with Crippen LogP contribution in [-0.2, 0) is 14.8 Å². The van der Waals surface area contributed by atoms with E-state index in [0.29, 0.717) is 29.4 Å². The monoisotopic (exact) mass is 466 g/mol. The van der Waals surface area contributed by atoms with Crippen molar-refractivity contribution in [2.24, 2.45) is 0 Å². The maximum Gasteiger partial charge on any atom is 0.264 e. The normalized spacial score (nSPS) is 11.2. The third kappa shape index (κ3) is 5.72. The average molecular weight is 467 g/mol. The van der Waals surface area contributed by atoms with Gasteiger partial charge in [0, 0.05) is 18.3 Å². The van der Waals surface area contributed by atoms with Crippen molar-refractivity contribution in [3.8, 4) is 11.5 Å². The molecule has 0 saturated heterocycles. The Bertz CT molecular complexity index is 1220. The van der Waals surface area contributed by atoms with Crippen molar-refractivity contribution in [1.82, 2.24) is 0 Å². The first kappa shape index (κ1) is 23.9. The lowest BCUT2D eigenvalue weighted by atomic mass is 10.2. The highest BCUT2D eigenvalue weighted by Gasteiger charge is 2.23. The van der Waals surface area contributed by atoms with E-state index in [0.717, 1.165) is 5.56 Å². The van der Waals surface area contributed by atoms with E-state index < -0.39 is 10.0 Å². The molecule has 1 N–H and O–H groups in total. The molecule has 3 rings (SSSR count). The Morgan fingerprint density at radius 1 is 0.939 bits per heavy atom. The molecule has 3 aromatic carbocycles. The first-order valence-corrected chi connectivity index (χ1v) is 11.7. The second kappa shape index (κ2) is 10.7. The van der Waals surface area contributed by atoms with Gasteiger partial charge in [-0.2, -0.15) is 0 Å². The summed E-state index contributed by atoms with van der Waals surface area (Å²) in [5.74, 6) is 0.816. The maximum atomic E-state index is 13.1. The molecule has 172 valence electrons. The Morgan fingerprint density at radius 2 is 1.61 bits per heavy atom. The van der Waals surface area contributed by atoms with E-state index >= 15 is 0 Å². The van der Waals surface area contributed by atoms with Crippen molar-refractivity contribution in [3.05, 3.63) is 84.4 Å². The third-order valence-corrected chi connectivity index (χ3v) is 6.79. The number of hydrogen-bond donors (Lipinski definition) is 1. The summed E-state index contributed by atoms with van der Waals surface area (Å²) in [6.07, 6.45) is 3.04. The maximum absolute atomic E-state index is 13.1. The van der Waals surface area contributed by atoms with E-state index in [1.54, 1.807) is 81.8 Å². The van der Waals surface area contributed by atoms with Crippen LogP contribution in [0.2, 0.25) is 0 Å². The van der Waals surface area contributed by atoms with Gasteiger partial charge in [-0.1, -0.05) is 24.3 Å². The van der Waals surface area contributed by atoms with Gasteiger partial charge in [-0.15, -0.1) is 0 Å². The highest BCUT2D eigenvalue weighted by atomic mass is 32.2. The number of para-hydroxylation sites is 1. The van der Waals surface area contributed by atoms with Crippen molar-refractivity contribution < 1.29 is 22.7 Å². The highest BCUT2D eigenvalue weighted by Crippen LogP contribution is 2.28. The Balaban J connectivity index is 1.70. The number of ether oxygens (including phenoxy) is 2. The van der Waals surface area contributed by atoms with Crippen LogP contribution in [0.1, 0.15) is 12.5 Å². The molecule has 0 unspecified atom stereocenters. The molecular formula is C25H26N2O5S. The Hall–Kier alpha value is -3.78. The molecule has 0 saturated carbocycles. The minimum Gasteiger partial charge on any atom is -0.493 e. The fourth-order valence-electron chi connectivity index (χ4n) is 3.24. The van der Waals surface area contributed by atoms with Crippen LogP contribution in [0.5, 0.6) is 11.5 Å². The van der Waals surface area contributed by atoms with E-state index in [-0.39, 0.29) is 10.8 Å². The van der Waals surface area contributed by atoms with E-state index in [9.17, 15) is 13.2 Å². The zero-order chi connectivity index (χ0) is 23.8. The second-order valence-electron chi connectivity index (χ2n) is 6.97. The van der Waals surface area contributed by atoms with Crippen LogP contribution in [0.25, 0.3) is 6.08 Å². The number of carbonyl (C=O) groups excluding carboxylic acids is 1. The molecule has 3 aromatic rings. The number of nitrogens with one attached hydrogen (secondary N) is 1. The van der Waals surface area contributed by atoms with Gasteiger partial charge in [0.1, 0.15) is 0 Å². The molecule has 8 heteroatoms. The number of sulfonamides is 1. The van der Waals surface area contributed by atoms with Crippen LogP contribution >= 0.6 is 0 Å². The number of nitrogens with zero attached hydrogens (tertiary/aromatic N) is 1. The van der Waals surface area contributed by atoms with Crippen molar-refractivity contribution in [2.45, 2.75) is 11.8 Å². The molecule has 0 radical (unpaired) electrons. The predicted octanol–water partition coefficient (Wildman–Crippen LogP) is 4.57. The Morgan fingerprint density at radius 3 is 2.21 bits per heavy atom. The summed E-state index contributed by atoms with van der Waals surface area (Å²) in [4.78, 5) is 12.4. The van der Waals surface area contributed by atoms with Gasteiger partial charge in [-0.25, -0.2) is 8.42 Å². The van der Waals surface area contributed by atoms with Gasteiger partial charge >= 0.3 is 0 Å². The van der Waals surface area contributed by atoms with E-state index in [1.807, 2.05) is 6.07 Å². The summed E-state index contributed by atoms with van der Waals surface area (Å²) in [6.45, 7) is 2.08. The van der Waals surface area contributed by atoms with Gasteiger partial charge in [0.15, 0.2) is 11.5 Å². The number of rotatable bonds is 9. The summed E-state index contributed by atoms with van der Waals surface area (Å²) in [7, 11) is -0.626. The lowest BCUT2D eigenvalue weighted by Gasteiger charge is -2.23. The molecule has 7 nitrogen and oxygen atoms in total. The van der Waals surface area contributed by atoms with Crippen molar-refractivity contribution in [3.63, 3.8) is 0 Å². The van der Waals surface area contributed by atoms with Crippen molar-refractivity contribution in [2.75, 3.05) is 30.4 Å². The Kier molecular flexibility index (Phi) is 7.74. The minimum absolute atomic E-state index is 0.145. The van der Waals surface area contributed by atoms with Crippen molar-refractivity contribution in [1.29, 1.82) is 0 Å². The topological polar surface area (TPSA) is 84.9 Å². The second-order valence-corrected chi connectivity index (χ2v) is 8.83. The van der Waals surface area contributed by atoms with E-state index in [2.05, 4.69) is 5.32 Å². The van der Waals surface area contributed by atoms with Crippen LogP contribution in [-0.4, -0.2) is 35.1 Å². The van der Waals surface area contributed by atoms with Gasteiger partial charge in [-0.3, -0.25) is 9.10 Å². The predicted molar refractivity (Wildman–Crippen MR) is 130 cm³/mol. The molecule has 33 heavy (non-hydrogen) atoms. The standard InChI is InChI=1S/C25H26N2O5S/c1-4-27(21-8-6-5-7-9-21)33(29,30)22-14-12-20(13-15-22)26-25(28)17-11-19-10-16-23(31-2)24(18-19)32-3/h5-18H,4H2,1-3H3,(H,26,28). The zero-order valence-electron chi connectivity index (χ0n) is 18.7. The fraction of sp³-hybridized carbons (Fsp3) is 0.160. The van der Waals surface area contributed by atoms with Gasteiger partial charge in [0.2, 0.25) is 5.91 Å². The number of carbonyl (C=O) groups is 1. The van der Waals surface area contributed by atoms with Crippen LogP contribution in [0, 0.1) is 0 Å². The summed E-state index contributed by atoms with van der Waals surface area (Å²) in [6, 6.07) is 20.3. The SMILES string of the molecule is CCN(c1ccccc1)S(=O)(=O)c1ccc(NC(=O)C=Cc2ccc(OC)c(OC)c2)cc1. The molecule has 0 fully saturated rings. The van der Waals surface area contributed by atoms with Gasteiger partial charge in [0.25, 0.3) is 10.0 Å². The van der Waals surface area contributed by atoms with Crippen LogP contribution in [0.3, 0.4) is 0 Å².